The summed E-state index contributed by atoms with van der Waals surface area (Å²) in [7, 11) is 0. The first-order valence-corrected chi connectivity index (χ1v) is 9.48. The number of nitrogens with zero attached hydrogens (tertiary/aromatic N) is 3. The maximum atomic E-state index is 6.34. The largest absolute Gasteiger partial charge is 0.369 e. The van der Waals surface area contributed by atoms with Crippen LogP contribution in [0.25, 0.3) is 0 Å². The van der Waals surface area contributed by atoms with Crippen molar-refractivity contribution in [3.8, 4) is 0 Å². The van der Waals surface area contributed by atoms with Crippen LogP contribution in [-0.2, 0) is 0 Å². The van der Waals surface area contributed by atoms with Crippen molar-refractivity contribution in [1.82, 2.24) is 5.32 Å². The number of piperidine rings is 1. The highest BCUT2D eigenvalue weighted by Crippen LogP contribution is 2.40. The summed E-state index contributed by atoms with van der Waals surface area (Å²) < 4.78 is 0. The van der Waals surface area contributed by atoms with Crippen molar-refractivity contribution >= 4 is 17.6 Å². The first-order chi connectivity index (χ1) is 12.2. The molecule has 4 rings (SSSR count). The second-order valence-electron chi connectivity index (χ2n) is 7.44. The van der Waals surface area contributed by atoms with Gasteiger partial charge in [0.15, 0.2) is 0 Å². The molecule has 5 N–H and O–H groups in total. The second kappa shape index (κ2) is 6.67. The Kier molecular flexibility index (Phi) is 4.37. The lowest BCUT2D eigenvalue weighted by molar-refractivity contribution is 0.305. The van der Waals surface area contributed by atoms with Crippen molar-refractivity contribution in [2.75, 3.05) is 18.0 Å². The van der Waals surface area contributed by atoms with Crippen molar-refractivity contribution in [2.45, 2.75) is 56.5 Å². The first-order valence-electron chi connectivity index (χ1n) is 9.48. The van der Waals surface area contributed by atoms with Crippen molar-refractivity contribution in [1.29, 1.82) is 0 Å². The second-order valence-corrected chi connectivity index (χ2v) is 7.44. The van der Waals surface area contributed by atoms with Crippen LogP contribution >= 0.6 is 0 Å². The number of rotatable bonds is 2. The molecule has 6 heteroatoms. The molecular weight excluding hydrogens is 312 g/mol. The summed E-state index contributed by atoms with van der Waals surface area (Å²) >= 11 is 0. The summed E-state index contributed by atoms with van der Waals surface area (Å²) in [5, 5.41) is 3.44. The molecule has 1 aromatic rings. The molecule has 2 heterocycles. The van der Waals surface area contributed by atoms with E-state index in [1.807, 2.05) is 0 Å². The van der Waals surface area contributed by atoms with Crippen LogP contribution in [0.4, 0.5) is 5.69 Å². The number of aliphatic imine (C=N–C) groups is 2. The molecule has 2 aliphatic heterocycles. The van der Waals surface area contributed by atoms with E-state index in [0.29, 0.717) is 17.8 Å². The molecule has 0 aromatic heterocycles. The van der Waals surface area contributed by atoms with Gasteiger partial charge >= 0.3 is 0 Å². The van der Waals surface area contributed by atoms with Crippen LogP contribution in [0.1, 0.15) is 56.4 Å². The van der Waals surface area contributed by atoms with Gasteiger partial charge in [-0.25, -0.2) is 4.99 Å². The minimum Gasteiger partial charge on any atom is -0.369 e. The normalized spacial score (nSPS) is 24.1. The molecule has 0 atom stereocenters. The molecule has 0 bridgehead atoms. The van der Waals surface area contributed by atoms with Gasteiger partial charge in [-0.05, 0) is 75.2 Å². The van der Waals surface area contributed by atoms with Crippen molar-refractivity contribution in [3.05, 3.63) is 29.8 Å². The Labute approximate surface area is 149 Å². The zero-order chi connectivity index (χ0) is 17.3. The van der Waals surface area contributed by atoms with Crippen LogP contribution in [-0.4, -0.2) is 30.7 Å². The lowest BCUT2D eigenvalue weighted by Gasteiger charge is -2.45. The average Bonchev–Trinajstić information content (AvgIpc) is 2.63. The molecule has 1 aliphatic carbocycles. The smallest absolute Gasteiger partial charge is 0.220 e. The summed E-state index contributed by atoms with van der Waals surface area (Å²) in [6.07, 6.45) is 7.86. The molecule has 2 fully saturated rings. The summed E-state index contributed by atoms with van der Waals surface area (Å²) in [5.41, 5.74) is 14.4. The van der Waals surface area contributed by atoms with Gasteiger partial charge in [-0.2, -0.15) is 4.99 Å². The SMILES string of the molecule is NC1=NC2(CCCCC2)N(c2cccc(C3CCNCC3)c2)C(N)=N1. The Balaban J connectivity index is 1.70. The predicted octanol–water partition coefficient (Wildman–Crippen LogP) is 2.26. The molecule has 1 aromatic carbocycles. The third kappa shape index (κ3) is 3.11. The number of anilines is 1. The summed E-state index contributed by atoms with van der Waals surface area (Å²) in [4.78, 5) is 11.2. The fraction of sp³-hybridized carbons (Fsp3) is 0.579. The Hall–Kier alpha value is -2.08. The van der Waals surface area contributed by atoms with Gasteiger partial charge < -0.3 is 16.8 Å². The van der Waals surface area contributed by atoms with Crippen LogP contribution in [0.2, 0.25) is 0 Å². The average molecular weight is 340 g/mol. The number of hydrogen-bond acceptors (Lipinski definition) is 6. The van der Waals surface area contributed by atoms with E-state index in [-0.39, 0.29) is 5.66 Å². The molecule has 134 valence electrons. The molecule has 3 aliphatic rings. The van der Waals surface area contributed by atoms with E-state index in [4.69, 9.17) is 16.5 Å². The van der Waals surface area contributed by atoms with Crippen LogP contribution < -0.4 is 21.7 Å². The van der Waals surface area contributed by atoms with Crippen molar-refractivity contribution in [3.63, 3.8) is 0 Å². The zero-order valence-electron chi connectivity index (χ0n) is 14.7. The van der Waals surface area contributed by atoms with E-state index in [0.717, 1.165) is 44.5 Å². The molecule has 1 saturated carbocycles. The Bertz CT molecular complexity index is 683. The topological polar surface area (TPSA) is 92.0 Å². The van der Waals surface area contributed by atoms with Crippen molar-refractivity contribution in [2.24, 2.45) is 21.5 Å². The maximum Gasteiger partial charge on any atom is 0.220 e. The molecule has 0 unspecified atom stereocenters. The predicted molar refractivity (Wildman–Crippen MR) is 103 cm³/mol. The van der Waals surface area contributed by atoms with Gasteiger partial charge in [-0.1, -0.05) is 18.6 Å². The van der Waals surface area contributed by atoms with Crippen LogP contribution in [0.3, 0.4) is 0 Å². The lowest BCUT2D eigenvalue weighted by Crippen LogP contribution is -2.58. The molecule has 1 spiro atoms. The highest BCUT2D eigenvalue weighted by Gasteiger charge is 2.42. The van der Waals surface area contributed by atoms with Gasteiger partial charge in [0, 0.05) is 5.69 Å². The Morgan fingerprint density at radius 2 is 1.84 bits per heavy atom. The summed E-state index contributed by atoms with van der Waals surface area (Å²) in [5.74, 6) is 1.39. The molecule has 1 saturated heterocycles. The molecule has 25 heavy (non-hydrogen) atoms. The van der Waals surface area contributed by atoms with E-state index in [9.17, 15) is 0 Å². The van der Waals surface area contributed by atoms with Crippen LogP contribution in [0, 0.1) is 0 Å². The van der Waals surface area contributed by atoms with E-state index < -0.39 is 0 Å². The fourth-order valence-electron chi connectivity index (χ4n) is 4.57. The highest BCUT2D eigenvalue weighted by atomic mass is 15.4. The van der Waals surface area contributed by atoms with Crippen LogP contribution in [0.5, 0.6) is 0 Å². The summed E-state index contributed by atoms with van der Waals surface area (Å²) in [6.45, 7) is 2.18. The number of nitrogens with two attached hydrogens (primary N) is 2. The van der Waals surface area contributed by atoms with E-state index in [1.165, 1.54) is 24.8 Å². The number of guanidine groups is 2. The van der Waals surface area contributed by atoms with Gasteiger partial charge in [-0.15, -0.1) is 0 Å². The lowest BCUT2D eigenvalue weighted by atomic mass is 9.86. The van der Waals surface area contributed by atoms with Gasteiger partial charge in [0.25, 0.3) is 0 Å². The Morgan fingerprint density at radius 1 is 1.08 bits per heavy atom. The molecular formula is C19H28N6. The molecule has 0 amide bonds. The highest BCUT2D eigenvalue weighted by molar-refractivity contribution is 6.05. The van der Waals surface area contributed by atoms with Gasteiger partial charge in [-0.3, -0.25) is 4.90 Å². The third-order valence-electron chi connectivity index (χ3n) is 5.79. The number of benzene rings is 1. The molecule has 0 radical (unpaired) electrons. The van der Waals surface area contributed by atoms with Gasteiger partial charge in [0.2, 0.25) is 11.9 Å². The monoisotopic (exact) mass is 340 g/mol. The Morgan fingerprint density at radius 3 is 2.60 bits per heavy atom. The zero-order valence-corrected chi connectivity index (χ0v) is 14.7. The number of hydrogen-bond donors (Lipinski definition) is 3. The standard InChI is InChI=1S/C19H28N6/c20-17-23-18(21)25(19(24-17)9-2-1-3-10-19)16-6-4-5-15(13-16)14-7-11-22-12-8-14/h4-6,13-14,22H,1-3,7-12H2,(H4,20,21,23,24). The minimum absolute atomic E-state index is 0.310. The minimum atomic E-state index is -0.360. The third-order valence-corrected chi connectivity index (χ3v) is 5.79. The first kappa shape index (κ1) is 16.4. The summed E-state index contributed by atoms with van der Waals surface area (Å²) in [6, 6.07) is 8.78. The van der Waals surface area contributed by atoms with E-state index in [1.54, 1.807) is 0 Å². The molecule has 6 nitrogen and oxygen atoms in total. The fourth-order valence-corrected chi connectivity index (χ4v) is 4.57. The van der Waals surface area contributed by atoms with Crippen LogP contribution in [0.15, 0.2) is 34.3 Å². The maximum absolute atomic E-state index is 6.34. The van der Waals surface area contributed by atoms with Gasteiger partial charge in [0.05, 0.1) is 0 Å². The van der Waals surface area contributed by atoms with E-state index in [2.05, 4.69) is 39.5 Å². The van der Waals surface area contributed by atoms with E-state index >= 15 is 0 Å². The van der Waals surface area contributed by atoms with Gasteiger partial charge in [0.1, 0.15) is 5.66 Å². The number of nitrogens with one attached hydrogen (secondary N) is 1. The van der Waals surface area contributed by atoms with Crippen molar-refractivity contribution < 1.29 is 0 Å². The quantitative estimate of drug-likeness (QED) is 0.770.